The highest BCUT2D eigenvalue weighted by Crippen LogP contribution is 2.18. The maximum Gasteiger partial charge on any atom is 0.139 e. The average Bonchev–Trinajstić information content (AvgIpc) is 2.36. The first-order valence-corrected chi connectivity index (χ1v) is 6.57. The van der Waals surface area contributed by atoms with Gasteiger partial charge in [0, 0.05) is 16.2 Å². The number of halogens is 2. The van der Waals surface area contributed by atoms with Crippen LogP contribution >= 0.6 is 28.1 Å². The second kappa shape index (κ2) is 6.08. The molecular formula is C13H10BrFN2OS. The van der Waals surface area contributed by atoms with Crippen LogP contribution in [0, 0.1) is 5.82 Å². The minimum Gasteiger partial charge on any atom is -0.487 e. The van der Waals surface area contributed by atoms with Crippen LogP contribution in [0.25, 0.3) is 0 Å². The van der Waals surface area contributed by atoms with Crippen molar-refractivity contribution >= 4 is 33.1 Å². The lowest BCUT2D eigenvalue weighted by Gasteiger charge is -2.08. The normalized spacial score (nSPS) is 10.2. The standard InChI is InChI=1S/C13H10BrFN2OS/c14-10-4-12(6-17-5-10)18-7-8-1-9(13(16)19)3-11(15)2-8/h1-6H,7H2,(H2,16,19). The van der Waals surface area contributed by atoms with Gasteiger partial charge in [0.1, 0.15) is 23.2 Å². The Morgan fingerprint density at radius 3 is 2.79 bits per heavy atom. The SMILES string of the molecule is NC(=S)c1cc(F)cc(COc2cncc(Br)c2)c1. The quantitative estimate of drug-likeness (QED) is 0.868. The fraction of sp³-hybridized carbons (Fsp3) is 0.0769. The van der Waals surface area contributed by atoms with Crippen molar-refractivity contribution in [3.05, 3.63) is 58.1 Å². The lowest BCUT2D eigenvalue weighted by molar-refractivity contribution is 0.304. The summed E-state index contributed by atoms with van der Waals surface area (Å²) >= 11 is 8.12. The van der Waals surface area contributed by atoms with E-state index in [0.29, 0.717) is 16.9 Å². The third kappa shape index (κ3) is 3.97. The molecule has 1 heterocycles. The summed E-state index contributed by atoms with van der Waals surface area (Å²) in [7, 11) is 0. The molecule has 0 spiro atoms. The molecule has 0 fully saturated rings. The van der Waals surface area contributed by atoms with E-state index in [4.69, 9.17) is 22.7 Å². The Hall–Kier alpha value is -1.53. The van der Waals surface area contributed by atoms with Gasteiger partial charge in [-0.25, -0.2) is 4.39 Å². The molecule has 0 unspecified atom stereocenters. The zero-order valence-electron chi connectivity index (χ0n) is 9.77. The van der Waals surface area contributed by atoms with E-state index >= 15 is 0 Å². The maximum absolute atomic E-state index is 13.4. The lowest BCUT2D eigenvalue weighted by atomic mass is 10.1. The molecule has 0 bridgehead atoms. The first-order chi connectivity index (χ1) is 9.04. The molecule has 6 heteroatoms. The van der Waals surface area contributed by atoms with Crippen LogP contribution in [0.4, 0.5) is 4.39 Å². The van der Waals surface area contributed by atoms with Crippen LogP contribution < -0.4 is 10.5 Å². The highest BCUT2D eigenvalue weighted by molar-refractivity contribution is 9.10. The second-order valence-electron chi connectivity index (χ2n) is 3.84. The monoisotopic (exact) mass is 340 g/mol. The third-order valence-electron chi connectivity index (χ3n) is 2.33. The van der Waals surface area contributed by atoms with Gasteiger partial charge in [-0.2, -0.15) is 0 Å². The van der Waals surface area contributed by atoms with Gasteiger partial charge < -0.3 is 10.5 Å². The summed E-state index contributed by atoms with van der Waals surface area (Å²) in [6.07, 6.45) is 3.23. The molecular weight excluding hydrogens is 331 g/mol. The van der Waals surface area contributed by atoms with E-state index in [0.717, 1.165) is 4.47 Å². The molecule has 98 valence electrons. The predicted molar refractivity (Wildman–Crippen MR) is 78.6 cm³/mol. The first-order valence-electron chi connectivity index (χ1n) is 5.37. The Balaban J connectivity index is 2.13. The van der Waals surface area contributed by atoms with Gasteiger partial charge in [-0.15, -0.1) is 0 Å². The Labute approximate surface area is 123 Å². The molecule has 0 saturated carbocycles. The Kier molecular flexibility index (Phi) is 4.44. The van der Waals surface area contributed by atoms with E-state index in [9.17, 15) is 4.39 Å². The van der Waals surface area contributed by atoms with Crippen LogP contribution in [0.2, 0.25) is 0 Å². The number of hydrogen-bond acceptors (Lipinski definition) is 3. The lowest BCUT2D eigenvalue weighted by Crippen LogP contribution is -2.10. The average molecular weight is 341 g/mol. The molecule has 0 saturated heterocycles. The number of thiocarbonyl (C=S) groups is 1. The van der Waals surface area contributed by atoms with Gasteiger partial charge in [-0.1, -0.05) is 12.2 Å². The highest BCUT2D eigenvalue weighted by atomic mass is 79.9. The van der Waals surface area contributed by atoms with Crippen molar-refractivity contribution in [3.63, 3.8) is 0 Å². The second-order valence-corrected chi connectivity index (χ2v) is 5.20. The van der Waals surface area contributed by atoms with Gasteiger partial charge in [-0.3, -0.25) is 4.98 Å². The van der Waals surface area contributed by atoms with Crippen LogP contribution in [0.15, 0.2) is 41.1 Å². The van der Waals surface area contributed by atoms with E-state index in [2.05, 4.69) is 20.9 Å². The Morgan fingerprint density at radius 2 is 2.11 bits per heavy atom. The van der Waals surface area contributed by atoms with Crippen molar-refractivity contribution in [3.8, 4) is 5.75 Å². The number of nitrogens with two attached hydrogens (primary N) is 1. The fourth-order valence-corrected chi connectivity index (χ4v) is 1.98. The van der Waals surface area contributed by atoms with Crippen molar-refractivity contribution in [2.75, 3.05) is 0 Å². The third-order valence-corrected chi connectivity index (χ3v) is 3.00. The summed E-state index contributed by atoms with van der Waals surface area (Å²) < 4.78 is 19.7. The van der Waals surface area contributed by atoms with Gasteiger partial charge in [0.2, 0.25) is 0 Å². The van der Waals surface area contributed by atoms with E-state index in [-0.39, 0.29) is 11.6 Å². The van der Waals surface area contributed by atoms with Gasteiger partial charge in [0.15, 0.2) is 0 Å². The van der Waals surface area contributed by atoms with Crippen molar-refractivity contribution < 1.29 is 9.13 Å². The molecule has 3 nitrogen and oxygen atoms in total. The zero-order chi connectivity index (χ0) is 13.8. The minimum absolute atomic E-state index is 0.157. The molecule has 0 amide bonds. The van der Waals surface area contributed by atoms with E-state index < -0.39 is 5.82 Å². The van der Waals surface area contributed by atoms with Crippen LogP contribution in [-0.4, -0.2) is 9.97 Å². The van der Waals surface area contributed by atoms with Crippen LogP contribution in [-0.2, 0) is 6.61 Å². The summed E-state index contributed by atoms with van der Waals surface area (Å²) in [5, 5.41) is 0. The van der Waals surface area contributed by atoms with Crippen LogP contribution in [0.1, 0.15) is 11.1 Å². The van der Waals surface area contributed by atoms with Gasteiger partial charge in [-0.05, 0) is 45.8 Å². The number of pyridine rings is 1. The molecule has 2 N–H and O–H groups in total. The van der Waals surface area contributed by atoms with Crippen molar-refractivity contribution in [1.82, 2.24) is 4.98 Å². The van der Waals surface area contributed by atoms with Gasteiger partial charge in [0.05, 0.1) is 6.20 Å². The van der Waals surface area contributed by atoms with E-state index in [1.54, 1.807) is 24.5 Å². The Bertz CT molecular complexity index is 621. The van der Waals surface area contributed by atoms with Crippen molar-refractivity contribution in [2.24, 2.45) is 5.73 Å². The smallest absolute Gasteiger partial charge is 0.139 e. The largest absolute Gasteiger partial charge is 0.487 e. The molecule has 0 aliphatic rings. The molecule has 2 aromatic rings. The molecule has 1 aromatic heterocycles. The number of benzene rings is 1. The number of ether oxygens (including phenoxy) is 1. The van der Waals surface area contributed by atoms with Gasteiger partial charge in [0.25, 0.3) is 0 Å². The van der Waals surface area contributed by atoms with Crippen LogP contribution in [0.3, 0.4) is 0 Å². The number of aromatic nitrogens is 1. The minimum atomic E-state index is -0.392. The summed E-state index contributed by atoms with van der Waals surface area (Å²) in [4.78, 5) is 4.13. The Morgan fingerprint density at radius 1 is 1.32 bits per heavy atom. The highest BCUT2D eigenvalue weighted by Gasteiger charge is 2.04. The topological polar surface area (TPSA) is 48.1 Å². The molecule has 0 radical (unpaired) electrons. The molecule has 2 rings (SSSR count). The summed E-state index contributed by atoms with van der Waals surface area (Å²) in [6.45, 7) is 0.214. The van der Waals surface area contributed by atoms with Gasteiger partial charge >= 0.3 is 0 Å². The first kappa shape index (κ1) is 13.9. The molecule has 0 aliphatic carbocycles. The number of rotatable bonds is 4. The molecule has 0 aliphatic heterocycles. The predicted octanol–water partition coefficient (Wildman–Crippen LogP) is 3.20. The molecule has 1 aromatic carbocycles. The maximum atomic E-state index is 13.4. The molecule has 0 atom stereocenters. The molecule has 19 heavy (non-hydrogen) atoms. The fourth-order valence-electron chi connectivity index (χ4n) is 1.51. The van der Waals surface area contributed by atoms with Crippen molar-refractivity contribution in [1.29, 1.82) is 0 Å². The summed E-state index contributed by atoms with van der Waals surface area (Å²) in [5.41, 5.74) is 6.63. The van der Waals surface area contributed by atoms with Crippen molar-refractivity contribution in [2.45, 2.75) is 6.61 Å². The summed E-state index contributed by atoms with van der Waals surface area (Å²) in [5.74, 6) is 0.201. The van der Waals surface area contributed by atoms with E-state index in [1.165, 1.54) is 12.1 Å². The zero-order valence-corrected chi connectivity index (χ0v) is 12.2. The summed E-state index contributed by atoms with van der Waals surface area (Å²) in [6, 6.07) is 6.16. The number of nitrogens with zero attached hydrogens (tertiary/aromatic N) is 1. The van der Waals surface area contributed by atoms with Crippen LogP contribution in [0.5, 0.6) is 5.75 Å². The van der Waals surface area contributed by atoms with E-state index in [1.807, 2.05) is 0 Å². The number of hydrogen-bond donors (Lipinski definition) is 1.